The first kappa shape index (κ1) is 15.5. The molecule has 0 fully saturated rings. The van der Waals surface area contributed by atoms with E-state index in [4.69, 9.17) is 0 Å². The fraction of sp³-hybridized carbons (Fsp3) is 0.0625. The van der Waals surface area contributed by atoms with Crippen molar-refractivity contribution in [3.05, 3.63) is 58.7 Å². The zero-order chi connectivity index (χ0) is 17.4. The van der Waals surface area contributed by atoms with Crippen LogP contribution >= 0.6 is 0 Å². The molecule has 2 aromatic heterocycles. The minimum Gasteiger partial charge on any atom is -0.504 e. The highest BCUT2D eigenvalue weighted by Gasteiger charge is 2.21. The number of hydrogen-bond acceptors (Lipinski definition) is 5. The Labute approximate surface area is 135 Å². The number of phenols is 2. The third-order valence-electron chi connectivity index (χ3n) is 3.72. The van der Waals surface area contributed by atoms with Crippen molar-refractivity contribution in [3.63, 3.8) is 0 Å². The molecule has 1 aromatic carbocycles. The summed E-state index contributed by atoms with van der Waals surface area (Å²) in [5, 5.41) is 30.3. The van der Waals surface area contributed by atoms with Gasteiger partial charge >= 0.3 is 5.69 Å². The maximum atomic E-state index is 13.9. The van der Waals surface area contributed by atoms with Gasteiger partial charge in [0, 0.05) is 30.6 Å². The van der Waals surface area contributed by atoms with Gasteiger partial charge in [-0.3, -0.25) is 10.1 Å². The molecule has 0 aliphatic rings. The smallest absolute Gasteiger partial charge is 0.315 e. The zero-order valence-corrected chi connectivity index (χ0v) is 12.5. The van der Waals surface area contributed by atoms with Crippen molar-refractivity contribution in [1.82, 2.24) is 9.55 Å². The highest BCUT2D eigenvalue weighted by atomic mass is 19.1. The Morgan fingerprint density at radius 1 is 1.21 bits per heavy atom. The van der Waals surface area contributed by atoms with Crippen LogP contribution in [0.25, 0.3) is 22.5 Å². The summed E-state index contributed by atoms with van der Waals surface area (Å²) in [6, 6.07) is 8.80. The van der Waals surface area contributed by atoms with Gasteiger partial charge in [0.15, 0.2) is 5.75 Å². The normalized spacial score (nSPS) is 10.8. The number of nitro benzene ring substituents is 1. The van der Waals surface area contributed by atoms with Gasteiger partial charge in [-0.05, 0) is 30.3 Å². The molecule has 0 saturated heterocycles. The first-order chi connectivity index (χ1) is 11.4. The standard InChI is InChI=1S/C16H12FN3O4/c1-19-11(4-5-12(19)10-3-2-6-18-16(10)17)9-7-13(20(23)24)15(22)14(21)8-9/h2-8,21-22H,1H3. The van der Waals surface area contributed by atoms with Crippen LogP contribution in [0.2, 0.25) is 0 Å². The molecule has 3 aromatic rings. The van der Waals surface area contributed by atoms with Crippen LogP contribution in [0.1, 0.15) is 0 Å². The van der Waals surface area contributed by atoms with Crippen LogP contribution in [0, 0.1) is 16.1 Å². The van der Waals surface area contributed by atoms with Crippen molar-refractivity contribution in [2.75, 3.05) is 0 Å². The van der Waals surface area contributed by atoms with Crippen molar-refractivity contribution >= 4 is 5.69 Å². The second kappa shape index (κ2) is 5.65. The van der Waals surface area contributed by atoms with Gasteiger partial charge in [-0.25, -0.2) is 4.98 Å². The number of nitro groups is 1. The first-order valence-corrected chi connectivity index (χ1v) is 6.87. The summed E-state index contributed by atoms with van der Waals surface area (Å²) in [5.41, 5.74) is 1.01. The van der Waals surface area contributed by atoms with Crippen LogP contribution in [0.5, 0.6) is 11.5 Å². The molecule has 0 aliphatic carbocycles. The third-order valence-corrected chi connectivity index (χ3v) is 3.72. The van der Waals surface area contributed by atoms with Gasteiger partial charge < -0.3 is 14.8 Å². The molecule has 2 N–H and O–H groups in total. The van der Waals surface area contributed by atoms with E-state index in [-0.39, 0.29) is 5.56 Å². The van der Waals surface area contributed by atoms with Crippen LogP contribution in [-0.2, 0) is 7.05 Å². The second-order valence-corrected chi connectivity index (χ2v) is 5.12. The maximum Gasteiger partial charge on any atom is 0.315 e. The first-order valence-electron chi connectivity index (χ1n) is 6.87. The summed E-state index contributed by atoms with van der Waals surface area (Å²) in [4.78, 5) is 13.8. The van der Waals surface area contributed by atoms with Gasteiger partial charge in [0.1, 0.15) is 0 Å². The van der Waals surface area contributed by atoms with Crippen molar-refractivity contribution in [3.8, 4) is 34.0 Å². The fourth-order valence-corrected chi connectivity index (χ4v) is 2.54. The van der Waals surface area contributed by atoms with Crippen LogP contribution < -0.4 is 0 Å². The number of pyridine rings is 1. The van der Waals surface area contributed by atoms with E-state index < -0.39 is 28.1 Å². The van der Waals surface area contributed by atoms with Crippen molar-refractivity contribution in [2.45, 2.75) is 0 Å². The molecule has 2 heterocycles. The summed E-state index contributed by atoms with van der Waals surface area (Å²) in [6.07, 6.45) is 1.34. The Morgan fingerprint density at radius 3 is 2.58 bits per heavy atom. The Hall–Kier alpha value is -3.42. The van der Waals surface area contributed by atoms with E-state index in [1.54, 1.807) is 35.9 Å². The number of aromatic nitrogens is 2. The molecule has 0 radical (unpaired) electrons. The number of nitrogens with zero attached hydrogens (tertiary/aromatic N) is 3. The minimum absolute atomic E-state index is 0.281. The van der Waals surface area contributed by atoms with E-state index in [1.165, 1.54) is 12.3 Å². The molecule has 3 rings (SSSR count). The van der Waals surface area contributed by atoms with Crippen molar-refractivity contribution < 1.29 is 19.5 Å². The van der Waals surface area contributed by atoms with Crippen molar-refractivity contribution in [2.24, 2.45) is 7.05 Å². The Bertz CT molecular complexity index is 952. The molecule has 7 nitrogen and oxygen atoms in total. The van der Waals surface area contributed by atoms with Gasteiger partial charge in [0.2, 0.25) is 11.7 Å². The fourth-order valence-electron chi connectivity index (χ4n) is 2.54. The van der Waals surface area contributed by atoms with Gasteiger partial charge in [-0.15, -0.1) is 0 Å². The highest BCUT2D eigenvalue weighted by molar-refractivity contribution is 5.74. The Morgan fingerprint density at radius 2 is 1.92 bits per heavy atom. The monoisotopic (exact) mass is 329 g/mol. The lowest BCUT2D eigenvalue weighted by molar-refractivity contribution is -0.385. The molecular weight excluding hydrogens is 317 g/mol. The summed E-state index contributed by atoms with van der Waals surface area (Å²) < 4.78 is 15.5. The van der Waals surface area contributed by atoms with E-state index >= 15 is 0 Å². The summed E-state index contributed by atoms with van der Waals surface area (Å²) in [7, 11) is 1.66. The van der Waals surface area contributed by atoms with E-state index in [9.17, 15) is 24.7 Å². The average molecular weight is 329 g/mol. The van der Waals surface area contributed by atoms with E-state index in [2.05, 4.69) is 4.98 Å². The lowest BCUT2D eigenvalue weighted by Crippen LogP contribution is -1.98. The molecule has 122 valence electrons. The van der Waals surface area contributed by atoms with Crippen molar-refractivity contribution in [1.29, 1.82) is 0 Å². The Balaban J connectivity index is 2.16. The SMILES string of the molecule is Cn1c(-c2cc(O)c(O)c([N+](=O)[O-])c2)ccc1-c1cccnc1F. The number of aromatic hydroxyl groups is 2. The average Bonchev–Trinajstić information content (AvgIpc) is 2.91. The molecular formula is C16H12FN3O4. The molecule has 0 aliphatic heterocycles. The number of benzene rings is 1. The number of hydrogen-bond donors (Lipinski definition) is 2. The van der Waals surface area contributed by atoms with E-state index in [0.717, 1.165) is 6.07 Å². The van der Waals surface area contributed by atoms with E-state index in [1.807, 2.05) is 0 Å². The predicted octanol–water partition coefficient (Wildman–Crippen LogP) is 3.21. The number of halogens is 1. The van der Waals surface area contributed by atoms with Gasteiger partial charge in [-0.2, -0.15) is 4.39 Å². The lowest BCUT2D eigenvalue weighted by atomic mass is 10.1. The number of rotatable bonds is 3. The molecule has 8 heteroatoms. The van der Waals surface area contributed by atoms with Gasteiger partial charge in [0.25, 0.3) is 0 Å². The van der Waals surface area contributed by atoms with Crippen LogP contribution in [-0.4, -0.2) is 24.7 Å². The highest BCUT2D eigenvalue weighted by Crippen LogP contribution is 2.40. The molecule has 0 saturated carbocycles. The summed E-state index contributed by atoms with van der Waals surface area (Å²) in [5.74, 6) is -2.03. The molecule has 0 unspecified atom stereocenters. The number of phenolic OH excluding ortho intramolecular Hbond substituents is 2. The summed E-state index contributed by atoms with van der Waals surface area (Å²) >= 11 is 0. The molecule has 0 amide bonds. The largest absolute Gasteiger partial charge is 0.504 e. The van der Waals surface area contributed by atoms with Crippen LogP contribution in [0.15, 0.2) is 42.6 Å². The summed E-state index contributed by atoms with van der Waals surface area (Å²) in [6.45, 7) is 0. The topological polar surface area (TPSA) is 101 Å². The lowest BCUT2D eigenvalue weighted by Gasteiger charge is -2.09. The Kier molecular flexibility index (Phi) is 3.64. The molecule has 0 spiro atoms. The zero-order valence-electron chi connectivity index (χ0n) is 12.5. The van der Waals surface area contributed by atoms with Crippen LogP contribution in [0.3, 0.4) is 0 Å². The van der Waals surface area contributed by atoms with E-state index in [0.29, 0.717) is 17.0 Å². The van der Waals surface area contributed by atoms with Crippen LogP contribution in [0.4, 0.5) is 10.1 Å². The predicted molar refractivity (Wildman–Crippen MR) is 84.0 cm³/mol. The molecule has 0 atom stereocenters. The minimum atomic E-state index is -0.795. The molecule has 24 heavy (non-hydrogen) atoms. The maximum absolute atomic E-state index is 13.9. The quantitative estimate of drug-likeness (QED) is 0.332. The third kappa shape index (κ3) is 2.43. The van der Waals surface area contributed by atoms with Gasteiger partial charge in [-0.1, -0.05) is 0 Å². The second-order valence-electron chi connectivity index (χ2n) is 5.12. The molecule has 0 bridgehead atoms. The van der Waals surface area contributed by atoms with Gasteiger partial charge in [0.05, 0.1) is 16.2 Å².